The van der Waals surface area contributed by atoms with E-state index < -0.39 is 23.5 Å². The van der Waals surface area contributed by atoms with Crippen LogP contribution >= 0.6 is 15.9 Å². The molecule has 1 N–H and O–H groups in total. The summed E-state index contributed by atoms with van der Waals surface area (Å²) >= 11 is 3.40. The molecule has 1 aliphatic heterocycles. The summed E-state index contributed by atoms with van der Waals surface area (Å²) in [5.41, 5.74) is 1.70. The Balaban J connectivity index is 1.59. The highest BCUT2D eigenvalue weighted by atomic mass is 79.9. The fourth-order valence-electron chi connectivity index (χ4n) is 3.84. The predicted octanol–water partition coefficient (Wildman–Crippen LogP) is 4.76. The smallest absolute Gasteiger partial charge is 0.290 e. The molecule has 4 heterocycles. The molecule has 32 heavy (non-hydrogen) atoms. The van der Waals surface area contributed by atoms with Crippen LogP contribution in [0, 0.1) is 0 Å². The average molecular weight is 490 g/mol. The monoisotopic (exact) mass is 489 g/mol. The van der Waals surface area contributed by atoms with Gasteiger partial charge in [0.25, 0.3) is 5.91 Å². The van der Waals surface area contributed by atoms with Crippen molar-refractivity contribution in [2.45, 2.75) is 12.6 Å². The number of hydrogen-bond acceptors (Lipinski definition) is 6. The van der Waals surface area contributed by atoms with Crippen molar-refractivity contribution < 1.29 is 19.1 Å². The maximum absolute atomic E-state index is 13.5. The van der Waals surface area contributed by atoms with Crippen molar-refractivity contribution in [2.75, 3.05) is 0 Å². The second-order valence-corrected chi connectivity index (χ2v) is 8.25. The zero-order valence-electron chi connectivity index (χ0n) is 16.6. The summed E-state index contributed by atoms with van der Waals surface area (Å²) in [4.78, 5) is 36.4. The molecule has 0 saturated heterocycles. The topological polar surface area (TPSA) is 96.5 Å². The molecule has 1 aromatic carbocycles. The lowest BCUT2D eigenvalue weighted by atomic mass is 9.98. The zero-order valence-corrected chi connectivity index (χ0v) is 18.2. The van der Waals surface area contributed by atoms with Gasteiger partial charge in [-0.15, -0.1) is 0 Å². The number of benzene rings is 1. The average Bonchev–Trinajstić information content (AvgIpc) is 3.34. The van der Waals surface area contributed by atoms with Crippen LogP contribution < -0.4 is 0 Å². The summed E-state index contributed by atoms with van der Waals surface area (Å²) in [6.07, 6.45) is 4.85. The number of furan rings is 1. The number of aliphatic hydroxyl groups is 1. The van der Waals surface area contributed by atoms with Crippen molar-refractivity contribution >= 4 is 38.6 Å². The Labute approximate surface area is 191 Å². The molecule has 0 radical (unpaired) electrons. The van der Waals surface area contributed by atoms with Gasteiger partial charge in [-0.3, -0.25) is 19.6 Å². The normalized spacial score (nSPS) is 16.2. The Hall–Kier alpha value is -3.78. The van der Waals surface area contributed by atoms with E-state index in [1.165, 1.54) is 4.90 Å². The molecule has 0 saturated carbocycles. The van der Waals surface area contributed by atoms with E-state index >= 15 is 0 Å². The van der Waals surface area contributed by atoms with Crippen LogP contribution in [-0.2, 0) is 11.3 Å². The number of rotatable bonds is 5. The fourth-order valence-corrected chi connectivity index (χ4v) is 4.22. The lowest BCUT2D eigenvalue weighted by Crippen LogP contribution is -2.31. The first-order chi connectivity index (χ1) is 15.5. The van der Waals surface area contributed by atoms with E-state index in [2.05, 4.69) is 25.9 Å². The van der Waals surface area contributed by atoms with Gasteiger partial charge in [0.2, 0.25) is 5.78 Å². The first kappa shape index (κ1) is 20.1. The number of aromatic nitrogens is 2. The Bertz CT molecular complexity index is 1370. The third-order valence-electron chi connectivity index (χ3n) is 5.29. The third-order valence-corrected chi connectivity index (χ3v) is 5.79. The van der Waals surface area contributed by atoms with E-state index in [0.717, 1.165) is 15.4 Å². The number of carbonyl (C=O) groups excluding carboxylic acids is 2. The Morgan fingerprint density at radius 3 is 2.75 bits per heavy atom. The van der Waals surface area contributed by atoms with Gasteiger partial charge in [-0.1, -0.05) is 28.1 Å². The van der Waals surface area contributed by atoms with Gasteiger partial charge in [-0.05, 0) is 48.0 Å². The highest BCUT2D eigenvalue weighted by Gasteiger charge is 2.45. The molecule has 8 heteroatoms. The number of carbonyl (C=O) groups is 2. The van der Waals surface area contributed by atoms with Gasteiger partial charge in [0.15, 0.2) is 11.5 Å². The van der Waals surface area contributed by atoms with Crippen LogP contribution in [0.15, 0.2) is 93.4 Å². The van der Waals surface area contributed by atoms with E-state index in [0.29, 0.717) is 11.3 Å². The van der Waals surface area contributed by atoms with Crippen molar-refractivity contribution in [3.63, 3.8) is 0 Å². The molecule has 0 aliphatic carbocycles. The van der Waals surface area contributed by atoms with Crippen LogP contribution in [0.25, 0.3) is 11.0 Å². The molecule has 3 aromatic heterocycles. The summed E-state index contributed by atoms with van der Waals surface area (Å²) in [5.74, 6) is -1.77. The van der Waals surface area contributed by atoms with Crippen LogP contribution in [0.1, 0.15) is 27.9 Å². The molecule has 1 amide bonds. The summed E-state index contributed by atoms with van der Waals surface area (Å²) < 4.78 is 6.59. The van der Waals surface area contributed by atoms with E-state index in [1.54, 1.807) is 55.0 Å². The summed E-state index contributed by atoms with van der Waals surface area (Å²) in [5, 5.41) is 11.5. The van der Waals surface area contributed by atoms with E-state index in [-0.39, 0.29) is 17.9 Å². The van der Waals surface area contributed by atoms with Crippen molar-refractivity contribution in [2.24, 2.45) is 0 Å². The maximum atomic E-state index is 13.5. The van der Waals surface area contributed by atoms with Crippen molar-refractivity contribution in [3.8, 4) is 0 Å². The maximum Gasteiger partial charge on any atom is 0.290 e. The molecular formula is C24H16BrN3O4. The quantitative estimate of drug-likeness (QED) is 0.405. The molecular weight excluding hydrogens is 474 g/mol. The van der Waals surface area contributed by atoms with Crippen LogP contribution in [-0.4, -0.2) is 31.7 Å². The lowest BCUT2D eigenvalue weighted by molar-refractivity contribution is -0.130. The van der Waals surface area contributed by atoms with Gasteiger partial charge in [-0.2, -0.15) is 0 Å². The number of halogens is 1. The molecule has 7 nitrogen and oxygen atoms in total. The van der Waals surface area contributed by atoms with Crippen LogP contribution in [0.2, 0.25) is 0 Å². The summed E-state index contributed by atoms with van der Waals surface area (Å²) in [6.45, 7) is 0.155. The minimum atomic E-state index is -0.864. The number of nitrogens with zero attached hydrogens (tertiary/aromatic N) is 3. The SMILES string of the molecule is O=C(C1=C(O)C(=O)N(Cc2cccnc2)C1c1ccccn1)c1cc2cc(Br)ccc2o1. The molecule has 1 unspecified atom stereocenters. The zero-order chi connectivity index (χ0) is 22.2. The number of ketones is 1. The second kappa shape index (κ2) is 8.05. The molecule has 4 aromatic rings. The summed E-state index contributed by atoms with van der Waals surface area (Å²) in [6, 6.07) is 14.9. The second-order valence-electron chi connectivity index (χ2n) is 7.34. The van der Waals surface area contributed by atoms with Gasteiger partial charge < -0.3 is 14.4 Å². The van der Waals surface area contributed by atoms with Crippen LogP contribution in [0.3, 0.4) is 0 Å². The van der Waals surface area contributed by atoms with Gasteiger partial charge in [0.1, 0.15) is 11.6 Å². The number of fused-ring (bicyclic) bond motifs is 1. The number of hydrogen-bond donors (Lipinski definition) is 1. The largest absolute Gasteiger partial charge is 0.503 e. The Morgan fingerprint density at radius 2 is 2.00 bits per heavy atom. The van der Waals surface area contributed by atoms with Crippen molar-refractivity contribution in [1.29, 1.82) is 0 Å². The van der Waals surface area contributed by atoms with E-state index in [9.17, 15) is 14.7 Å². The molecule has 1 atom stereocenters. The Morgan fingerprint density at radius 1 is 1.12 bits per heavy atom. The summed E-state index contributed by atoms with van der Waals surface area (Å²) in [7, 11) is 0. The molecule has 0 fully saturated rings. The van der Waals surface area contributed by atoms with Gasteiger partial charge in [-0.25, -0.2) is 0 Å². The third kappa shape index (κ3) is 3.48. The van der Waals surface area contributed by atoms with Gasteiger partial charge in [0, 0.05) is 35.0 Å². The van der Waals surface area contributed by atoms with Gasteiger partial charge >= 0.3 is 0 Å². The first-order valence-corrected chi connectivity index (χ1v) is 10.6. The fraction of sp³-hybridized carbons (Fsp3) is 0.0833. The minimum Gasteiger partial charge on any atom is -0.503 e. The van der Waals surface area contributed by atoms with Crippen LogP contribution in [0.5, 0.6) is 0 Å². The minimum absolute atomic E-state index is 0.0385. The number of Topliss-reactive ketones (excluding diaryl/α,β-unsaturated/α-hetero) is 1. The number of amides is 1. The van der Waals surface area contributed by atoms with E-state index in [4.69, 9.17) is 4.42 Å². The first-order valence-electron chi connectivity index (χ1n) is 9.80. The molecule has 1 aliphatic rings. The molecule has 0 bridgehead atoms. The molecule has 0 spiro atoms. The molecule has 5 rings (SSSR count). The van der Waals surface area contributed by atoms with Crippen molar-refractivity contribution in [3.05, 3.63) is 106 Å². The van der Waals surface area contributed by atoms with Gasteiger partial charge in [0.05, 0.1) is 11.3 Å². The van der Waals surface area contributed by atoms with Crippen molar-refractivity contribution in [1.82, 2.24) is 14.9 Å². The highest BCUT2D eigenvalue weighted by Crippen LogP contribution is 2.39. The predicted molar refractivity (Wildman–Crippen MR) is 120 cm³/mol. The van der Waals surface area contributed by atoms with E-state index in [1.807, 2.05) is 18.2 Å². The number of aliphatic hydroxyl groups excluding tert-OH is 1. The highest BCUT2D eigenvalue weighted by molar-refractivity contribution is 9.10. The van der Waals surface area contributed by atoms with Crippen LogP contribution in [0.4, 0.5) is 0 Å². The Kier molecular flexibility index (Phi) is 5.07. The standard InChI is InChI=1S/C24H16BrN3O4/c25-16-6-7-18-15(10-16)11-19(32-18)22(29)20-21(17-5-1-2-9-27-17)28(24(31)23(20)30)13-14-4-3-8-26-12-14/h1-12,21,30H,13H2. The number of pyridine rings is 2. The molecule has 158 valence electrons. The lowest BCUT2D eigenvalue weighted by Gasteiger charge is -2.25.